The summed E-state index contributed by atoms with van der Waals surface area (Å²) >= 11 is 0. The molecule has 0 radical (unpaired) electrons. The van der Waals surface area contributed by atoms with E-state index in [1.54, 1.807) is 12.4 Å². The van der Waals surface area contributed by atoms with Gasteiger partial charge in [-0.3, -0.25) is 0 Å². The molecule has 0 saturated carbocycles. The molecule has 0 saturated heterocycles. The third kappa shape index (κ3) is 2.14. The van der Waals surface area contributed by atoms with Crippen LogP contribution in [0.15, 0.2) is 35.4 Å². The fourth-order valence-electron chi connectivity index (χ4n) is 2.85. The van der Waals surface area contributed by atoms with Gasteiger partial charge in [0.1, 0.15) is 5.75 Å². The van der Waals surface area contributed by atoms with Gasteiger partial charge in [0.05, 0.1) is 38.8 Å². The number of halogens is 1. The summed E-state index contributed by atoms with van der Waals surface area (Å²) in [7, 11) is 0.804. The minimum atomic E-state index is -0.931. The van der Waals surface area contributed by atoms with Crippen LogP contribution in [0.3, 0.4) is 0 Å². The van der Waals surface area contributed by atoms with E-state index in [-0.39, 0.29) is 24.0 Å². The molecule has 0 bridgehead atoms. The summed E-state index contributed by atoms with van der Waals surface area (Å²) in [5.41, 5.74) is 4.36. The van der Waals surface area contributed by atoms with Gasteiger partial charge in [0.25, 0.3) is 0 Å². The summed E-state index contributed by atoms with van der Waals surface area (Å²) in [4.78, 5) is 0. The molecule has 1 aromatic carbocycles. The van der Waals surface area contributed by atoms with Crippen LogP contribution in [-0.4, -0.2) is 20.4 Å². The molecule has 1 nitrogen and oxygen atoms in total. The average Bonchev–Trinajstić information content (AvgIpc) is 2.65. The highest BCUT2D eigenvalue weighted by Gasteiger charge is 2.38. The van der Waals surface area contributed by atoms with E-state index >= 15 is 0 Å². The van der Waals surface area contributed by atoms with Gasteiger partial charge >= 0.3 is 0 Å². The number of rotatable bonds is 1. The molecule has 0 spiro atoms. The van der Waals surface area contributed by atoms with Crippen molar-refractivity contribution in [3.63, 3.8) is 0 Å². The summed E-state index contributed by atoms with van der Waals surface area (Å²) in [5, 5.41) is 1.70. The van der Waals surface area contributed by atoms with Crippen molar-refractivity contribution in [2.45, 2.75) is 12.8 Å². The number of ether oxygens (including phenoxy) is 1. The van der Waals surface area contributed by atoms with Gasteiger partial charge in [0.2, 0.25) is 0 Å². The van der Waals surface area contributed by atoms with E-state index < -0.39 is 7.26 Å². The van der Waals surface area contributed by atoms with Crippen LogP contribution >= 0.6 is 31.2 Å². The van der Waals surface area contributed by atoms with E-state index in [4.69, 9.17) is 4.74 Å². The van der Waals surface area contributed by atoms with Crippen LogP contribution in [0.2, 0.25) is 0 Å². The van der Waals surface area contributed by atoms with Crippen molar-refractivity contribution >= 4 is 36.8 Å². The molecule has 0 aromatic heterocycles. The van der Waals surface area contributed by atoms with Crippen LogP contribution in [0.5, 0.6) is 5.75 Å². The van der Waals surface area contributed by atoms with Crippen LogP contribution in [0, 0.1) is 0 Å². The molecule has 0 fully saturated rings. The number of allylic oxidation sites excluding steroid dienone is 3. The summed E-state index contributed by atoms with van der Waals surface area (Å²) in [6.07, 6.45) is 4.73. The number of fused-ring (bicyclic) bond motifs is 2. The second-order valence-corrected chi connectivity index (χ2v) is 9.16. The van der Waals surface area contributed by atoms with Gasteiger partial charge in [-0.15, -0.1) is 24.0 Å². The quantitative estimate of drug-likeness (QED) is 0.509. The lowest BCUT2D eigenvalue weighted by atomic mass is 9.90. The zero-order chi connectivity index (χ0) is 12.0. The van der Waals surface area contributed by atoms with Crippen LogP contribution < -0.4 is 4.74 Å². The van der Waals surface area contributed by atoms with Crippen molar-refractivity contribution in [3.05, 3.63) is 46.5 Å². The molecule has 1 aromatic rings. The molecule has 0 atom stereocenters. The molecular formula is C15H19IOP+. The van der Waals surface area contributed by atoms with E-state index in [0.29, 0.717) is 0 Å². The first-order valence-corrected chi connectivity index (χ1v) is 8.81. The second-order valence-electron chi connectivity index (χ2n) is 5.24. The minimum absolute atomic E-state index is 0. The lowest BCUT2D eigenvalue weighted by molar-refractivity contribution is 0.414. The fourth-order valence-corrected chi connectivity index (χ4v) is 5.05. The first-order chi connectivity index (χ1) is 8.12. The summed E-state index contributed by atoms with van der Waals surface area (Å²) in [6.45, 7) is 4.83. The standard InChI is InChI=1S/C15H18OP.HI/c1-16-12-5-6-13-11(10-12)4-7-15-14(13)8-9-17(15,2)3;/h5-6,8-10H,4,7H2,1-3H3;1H/q+1;. The molecule has 1 aliphatic carbocycles. The highest BCUT2D eigenvalue weighted by Crippen LogP contribution is 2.68. The predicted octanol–water partition coefficient (Wildman–Crippen LogP) is 4.78. The van der Waals surface area contributed by atoms with Crippen LogP contribution in [-0.2, 0) is 6.42 Å². The predicted molar refractivity (Wildman–Crippen MR) is 91.6 cm³/mol. The summed E-state index contributed by atoms with van der Waals surface area (Å²) < 4.78 is 5.31. The van der Waals surface area contributed by atoms with E-state index in [1.807, 2.05) is 0 Å². The van der Waals surface area contributed by atoms with Crippen molar-refractivity contribution in [1.82, 2.24) is 0 Å². The number of aryl methyl sites for hydroxylation is 1. The third-order valence-electron chi connectivity index (χ3n) is 3.85. The SMILES string of the molecule is COc1ccc2c(c1)CCC1=C2C=C[P+]1(C)C.I. The van der Waals surface area contributed by atoms with E-state index in [2.05, 4.69) is 43.4 Å². The molecule has 2 aliphatic rings. The van der Waals surface area contributed by atoms with Crippen LogP contribution in [0.25, 0.3) is 5.57 Å². The highest BCUT2D eigenvalue weighted by atomic mass is 127. The van der Waals surface area contributed by atoms with Gasteiger partial charge in [0, 0.05) is 12.0 Å². The first kappa shape index (κ1) is 14.1. The van der Waals surface area contributed by atoms with Crippen molar-refractivity contribution in [2.24, 2.45) is 0 Å². The monoisotopic (exact) mass is 373 g/mol. The molecular weight excluding hydrogens is 354 g/mol. The molecule has 0 amide bonds. The normalized spacial score (nSPS) is 19.1. The topological polar surface area (TPSA) is 9.23 Å². The number of hydrogen-bond acceptors (Lipinski definition) is 1. The molecule has 3 heteroatoms. The lowest BCUT2D eigenvalue weighted by Crippen LogP contribution is -2.03. The number of methoxy groups -OCH3 is 1. The Hall–Kier alpha value is -0.340. The maximum atomic E-state index is 5.31. The Morgan fingerprint density at radius 1 is 1.17 bits per heavy atom. The van der Waals surface area contributed by atoms with E-state index in [1.165, 1.54) is 23.1 Å². The van der Waals surface area contributed by atoms with Crippen molar-refractivity contribution < 1.29 is 4.74 Å². The second kappa shape index (κ2) is 4.97. The number of hydrogen-bond donors (Lipinski definition) is 0. The Morgan fingerprint density at radius 2 is 1.94 bits per heavy atom. The molecule has 1 aliphatic heterocycles. The Balaban J connectivity index is 0.00000120. The Labute approximate surface area is 127 Å². The highest BCUT2D eigenvalue weighted by molar-refractivity contribution is 14.0. The average molecular weight is 373 g/mol. The van der Waals surface area contributed by atoms with Crippen LogP contribution in [0.1, 0.15) is 17.5 Å². The maximum absolute atomic E-state index is 5.31. The van der Waals surface area contributed by atoms with Gasteiger partial charge in [-0.05, 0) is 35.8 Å². The van der Waals surface area contributed by atoms with E-state index in [9.17, 15) is 0 Å². The van der Waals surface area contributed by atoms with Gasteiger partial charge in [-0.1, -0.05) is 6.07 Å². The molecule has 18 heavy (non-hydrogen) atoms. The lowest BCUT2D eigenvalue weighted by Gasteiger charge is -2.21. The van der Waals surface area contributed by atoms with Crippen molar-refractivity contribution in [3.8, 4) is 5.75 Å². The summed E-state index contributed by atoms with van der Waals surface area (Å²) in [6, 6.07) is 6.49. The molecule has 96 valence electrons. The Kier molecular flexibility index (Phi) is 3.89. The summed E-state index contributed by atoms with van der Waals surface area (Å²) in [5.74, 6) is 3.42. The van der Waals surface area contributed by atoms with Gasteiger partial charge in [-0.25, -0.2) is 0 Å². The largest absolute Gasteiger partial charge is 0.497 e. The minimum Gasteiger partial charge on any atom is -0.497 e. The Bertz CT molecular complexity index is 543. The smallest absolute Gasteiger partial charge is 0.119 e. The maximum Gasteiger partial charge on any atom is 0.119 e. The third-order valence-corrected chi connectivity index (χ3v) is 6.60. The Morgan fingerprint density at radius 3 is 2.67 bits per heavy atom. The fraction of sp³-hybridized carbons (Fsp3) is 0.333. The van der Waals surface area contributed by atoms with Gasteiger partial charge < -0.3 is 4.74 Å². The van der Waals surface area contributed by atoms with Crippen molar-refractivity contribution in [2.75, 3.05) is 20.4 Å². The van der Waals surface area contributed by atoms with E-state index in [0.717, 1.165) is 12.2 Å². The van der Waals surface area contributed by atoms with Gasteiger partial charge in [0.15, 0.2) is 0 Å². The molecule has 1 heterocycles. The van der Waals surface area contributed by atoms with Crippen LogP contribution in [0.4, 0.5) is 0 Å². The number of benzene rings is 1. The molecule has 0 unspecified atom stereocenters. The zero-order valence-electron chi connectivity index (χ0n) is 11.1. The van der Waals surface area contributed by atoms with Crippen molar-refractivity contribution in [1.29, 1.82) is 0 Å². The molecule has 0 N–H and O–H groups in total. The molecule has 3 rings (SSSR count). The first-order valence-electron chi connectivity index (χ1n) is 6.06. The zero-order valence-corrected chi connectivity index (χ0v) is 14.3. The van der Waals surface area contributed by atoms with Gasteiger partial charge in [-0.2, -0.15) is 0 Å².